The molecule has 5 heteroatoms. The third-order valence-corrected chi connectivity index (χ3v) is 3.96. The van der Waals surface area contributed by atoms with Gasteiger partial charge in [-0.1, -0.05) is 33.6 Å². The van der Waals surface area contributed by atoms with Crippen molar-refractivity contribution in [2.45, 2.75) is 0 Å². The van der Waals surface area contributed by atoms with E-state index in [0.717, 1.165) is 15.0 Å². The topological polar surface area (TPSA) is 24.4 Å². The van der Waals surface area contributed by atoms with E-state index in [-0.39, 0.29) is 0 Å². The summed E-state index contributed by atoms with van der Waals surface area (Å²) in [6.45, 7) is 0. The number of halogens is 2. The Hall–Kier alpha value is -1.10. The molecular formula is C13H10BrClN2S. The predicted molar refractivity (Wildman–Crippen MR) is 84.4 cm³/mol. The number of anilines is 1. The SMILES string of the molecule is Cl/C(=C\C=N\Nc1ccc(Br)cc1)c1cccs1. The zero-order valence-electron chi connectivity index (χ0n) is 9.31. The van der Waals surface area contributed by atoms with Gasteiger partial charge in [-0.2, -0.15) is 5.10 Å². The standard InChI is InChI=1S/C13H10BrClN2S/c14-10-3-5-11(6-4-10)17-16-8-7-12(15)13-2-1-9-18-13/h1-9,17H/b12-7-,16-8+. The highest BCUT2D eigenvalue weighted by molar-refractivity contribution is 9.10. The van der Waals surface area contributed by atoms with Gasteiger partial charge >= 0.3 is 0 Å². The van der Waals surface area contributed by atoms with Crippen LogP contribution in [0.25, 0.3) is 5.03 Å². The molecule has 0 aliphatic rings. The highest BCUT2D eigenvalue weighted by Gasteiger charge is 1.96. The molecule has 0 fully saturated rings. The van der Waals surface area contributed by atoms with E-state index >= 15 is 0 Å². The average Bonchev–Trinajstić information content (AvgIpc) is 2.90. The Morgan fingerprint density at radius 2 is 2.06 bits per heavy atom. The summed E-state index contributed by atoms with van der Waals surface area (Å²) >= 11 is 11.1. The molecule has 0 radical (unpaired) electrons. The van der Waals surface area contributed by atoms with Crippen molar-refractivity contribution in [3.05, 3.63) is 57.2 Å². The first-order valence-electron chi connectivity index (χ1n) is 5.20. The lowest BCUT2D eigenvalue weighted by atomic mass is 10.3. The molecule has 92 valence electrons. The molecular weight excluding hydrogens is 332 g/mol. The fraction of sp³-hybridized carbons (Fsp3) is 0. The molecule has 0 aliphatic heterocycles. The van der Waals surface area contributed by atoms with Gasteiger partial charge in [0.2, 0.25) is 0 Å². The van der Waals surface area contributed by atoms with E-state index in [1.54, 1.807) is 23.6 Å². The molecule has 0 saturated heterocycles. The Kier molecular flexibility index (Phi) is 4.99. The van der Waals surface area contributed by atoms with Crippen LogP contribution in [0.2, 0.25) is 0 Å². The molecule has 18 heavy (non-hydrogen) atoms. The van der Waals surface area contributed by atoms with Gasteiger partial charge in [0, 0.05) is 15.6 Å². The maximum Gasteiger partial charge on any atom is 0.0594 e. The lowest BCUT2D eigenvalue weighted by Gasteiger charge is -1.98. The maximum atomic E-state index is 6.10. The zero-order chi connectivity index (χ0) is 12.8. The monoisotopic (exact) mass is 340 g/mol. The minimum atomic E-state index is 0.686. The van der Waals surface area contributed by atoms with E-state index in [2.05, 4.69) is 26.5 Å². The Morgan fingerprint density at radius 3 is 2.72 bits per heavy atom. The first kappa shape index (κ1) is 13.3. The van der Waals surface area contributed by atoms with Crippen LogP contribution < -0.4 is 5.43 Å². The van der Waals surface area contributed by atoms with Crippen LogP contribution in [-0.2, 0) is 0 Å². The fourth-order valence-corrected chi connectivity index (χ4v) is 2.39. The van der Waals surface area contributed by atoms with E-state index in [1.165, 1.54) is 0 Å². The fourth-order valence-electron chi connectivity index (χ4n) is 1.24. The van der Waals surface area contributed by atoms with Crippen molar-refractivity contribution in [2.24, 2.45) is 5.10 Å². The first-order valence-corrected chi connectivity index (χ1v) is 7.25. The summed E-state index contributed by atoms with van der Waals surface area (Å²) in [6.07, 6.45) is 3.41. The number of nitrogens with one attached hydrogen (secondary N) is 1. The molecule has 1 N–H and O–H groups in total. The van der Waals surface area contributed by atoms with Crippen molar-refractivity contribution in [1.82, 2.24) is 0 Å². The average molecular weight is 342 g/mol. The summed E-state index contributed by atoms with van der Waals surface area (Å²) in [5.41, 5.74) is 3.85. The molecule has 0 spiro atoms. The van der Waals surface area contributed by atoms with Gasteiger partial charge in [-0.25, -0.2) is 0 Å². The molecule has 1 heterocycles. The molecule has 0 saturated carbocycles. The number of benzene rings is 1. The molecule has 0 aliphatic carbocycles. The Labute approximate surface area is 123 Å². The highest BCUT2D eigenvalue weighted by Crippen LogP contribution is 2.22. The quantitative estimate of drug-likeness (QED) is 0.601. The normalized spacial score (nSPS) is 12.0. The van der Waals surface area contributed by atoms with Crippen LogP contribution in [0.4, 0.5) is 5.69 Å². The number of hydrogen-bond acceptors (Lipinski definition) is 3. The van der Waals surface area contributed by atoms with Gasteiger partial charge in [0.05, 0.1) is 10.7 Å². The summed E-state index contributed by atoms with van der Waals surface area (Å²) < 4.78 is 1.04. The molecule has 0 atom stereocenters. The number of hydrazone groups is 1. The maximum absolute atomic E-state index is 6.10. The number of nitrogens with zero attached hydrogens (tertiary/aromatic N) is 1. The van der Waals surface area contributed by atoms with E-state index < -0.39 is 0 Å². The van der Waals surface area contributed by atoms with Crippen molar-refractivity contribution >= 4 is 55.8 Å². The Bertz CT molecular complexity index is 547. The summed E-state index contributed by atoms with van der Waals surface area (Å²) in [5.74, 6) is 0. The second-order valence-corrected chi connectivity index (χ2v) is 5.66. The molecule has 2 rings (SSSR count). The van der Waals surface area contributed by atoms with Gasteiger partial charge in [-0.15, -0.1) is 11.3 Å². The van der Waals surface area contributed by atoms with Gasteiger partial charge < -0.3 is 0 Å². The van der Waals surface area contributed by atoms with E-state index in [9.17, 15) is 0 Å². The summed E-state index contributed by atoms with van der Waals surface area (Å²) in [7, 11) is 0. The van der Waals surface area contributed by atoms with Crippen LogP contribution in [-0.4, -0.2) is 6.21 Å². The third kappa shape index (κ3) is 3.98. The largest absolute Gasteiger partial charge is 0.279 e. The van der Waals surface area contributed by atoms with Crippen LogP contribution in [0, 0.1) is 0 Å². The van der Waals surface area contributed by atoms with Crippen molar-refractivity contribution in [3.63, 3.8) is 0 Å². The molecule has 0 amide bonds. The van der Waals surface area contributed by atoms with Gasteiger partial charge in [-0.05, 0) is 41.8 Å². The first-order chi connectivity index (χ1) is 8.75. The second kappa shape index (κ2) is 6.73. The zero-order valence-corrected chi connectivity index (χ0v) is 12.5. The number of thiophene rings is 1. The van der Waals surface area contributed by atoms with Crippen molar-refractivity contribution in [1.29, 1.82) is 0 Å². The van der Waals surface area contributed by atoms with Gasteiger partial charge in [-0.3, -0.25) is 5.43 Å². The molecule has 1 aromatic heterocycles. The molecule has 0 unspecified atom stereocenters. The lowest BCUT2D eigenvalue weighted by Crippen LogP contribution is -1.87. The Morgan fingerprint density at radius 1 is 1.28 bits per heavy atom. The van der Waals surface area contributed by atoms with Crippen molar-refractivity contribution in [3.8, 4) is 0 Å². The smallest absolute Gasteiger partial charge is 0.0594 e. The number of allylic oxidation sites excluding steroid dienone is 1. The van der Waals surface area contributed by atoms with Crippen LogP contribution in [0.15, 0.2) is 57.4 Å². The van der Waals surface area contributed by atoms with Crippen LogP contribution in [0.3, 0.4) is 0 Å². The predicted octanol–water partition coefficient (Wildman–Crippen LogP) is 5.19. The van der Waals surface area contributed by atoms with Crippen molar-refractivity contribution < 1.29 is 0 Å². The van der Waals surface area contributed by atoms with Crippen LogP contribution in [0.1, 0.15) is 4.88 Å². The van der Waals surface area contributed by atoms with Crippen LogP contribution >= 0.6 is 38.9 Å². The van der Waals surface area contributed by atoms with E-state index in [4.69, 9.17) is 11.6 Å². The van der Waals surface area contributed by atoms with Gasteiger partial charge in [0.1, 0.15) is 0 Å². The third-order valence-electron chi connectivity index (χ3n) is 2.09. The molecule has 1 aromatic carbocycles. The minimum absolute atomic E-state index is 0.686. The van der Waals surface area contributed by atoms with Crippen molar-refractivity contribution in [2.75, 3.05) is 5.43 Å². The molecule has 2 nitrogen and oxygen atoms in total. The summed E-state index contributed by atoms with van der Waals surface area (Å²) in [6, 6.07) is 11.7. The van der Waals surface area contributed by atoms with E-state index in [0.29, 0.717) is 5.03 Å². The second-order valence-electron chi connectivity index (χ2n) is 3.39. The number of rotatable bonds is 4. The number of hydrogen-bond donors (Lipinski definition) is 1. The lowest BCUT2D eigenvalue weighted by molar-refractivity contribution is 1.35. The van der Waals surface area contributed by atoms with Gasteiger partial charge in [0.15, 0.2) is 0 Å². The minimum Gasteiger partial charge on any atom is -0.279 e. The summed E-state index contributed by atoms with van der Waals surface area (Å²) in [4.78, 5) is 1.03. The highest BCUT2D eigenvalue weighted by atomic mass is 79.9. The molecule has 2 aromatic rings. The van der Waals surface area contributed by atoms with Gasteiger partial charge in [0.25, 0.3) is 0 Å². The molecule has 0 bridgehead atoms. The van der Waals surface area contributed by atoms with Crippen LogP contribution in [0.5, 0.6) is 0 Å². The van der Waals surface area contributed by atoms with E-state index in [1.807, 2.05) is 41.8 Å². The summed E-state index contributed by atoms with van der Waals surface area (Å²) in [5, 5.41) is 6.75. The Balaban J connectivity index is 1.92.